The fourth-order valence-electron chi connectivity index (χ4n) is 2.07. The Morgan fingerprint density at radius 3 is 2.27 bits per heavy atom. The van der Waals surface area contributed by atoms with Crippen molar-refractivity contribution in [3.05, 3.63) is 70.8 Å². The molecule has 7 heteroatoms. The zero-order valence-electron chi connectivity index (χ0n) is 14.1. The molecule has 2 aromatic rings. The Labute approximate surface area is 149 Å². The average molecular weight is 355 g/mol. The molecule has 0 bridgehead atoms. The highest BCUT2D eigenvalue weighted by atomic mass is 19.2. The summed E-state index contributed by atoms with van der Waals surface area (Å²) in [6, 6.07) is 10.9. The second kappa shape index (κ2) is 8.03. The van der Waals surface area contributed by atoms with Crippen molar-refractivity contribution < 1.29 is 18.4 Å². The topological polar surface area (TPSA) is 73.2 Å². The molecule has 26 heavy (non-hydrogen) atoms. The van der Waals surface area contributed by atoms with Crippen molar-refractivity contribution in [2.24, 2.45) is 0 Å². The Bertz CT molecular complexity index is 913. The lowest BCUT2D eigenvalue weighted by Gasteiger charge is -2.10. The summed E-state index contributed by atoms with van der Waals surface area (Å²) in [5, 5.41) is 11.7. The van der Waals surface area contributed by atoms with E-state index in [1.807, 2.05) is 0 Å². The minimum absolute atomic E-state index is 0.182. The lowest BCUT2D eigenvalue weighted by Crippen LogP contribution is -2.21. The lowest BCUT2D eigenvalue weighted by molar-refractivity contribution is -0.112. The zero-order valence-corrected chi connectivity index (χ0v) is 14.1. The van der Waals surface area contributed by atoms with Crippen molar-refractivity contribution in [2.75, 3.05) is 19.4 Å². The number of nitrogens with zero attached hydrogens (tertiary/aromatic N) is 2. The van der Waals surface area contributed by atoms with Crippen LogP contribution in [0.5, 0.6) is 0 Å². The van der Waals surface area contributed by atoms with E-state index in [2.05, 4.69) is 5.32 Å². The molecule has 0 unspecified atom stereocenters. The first-order valence-electron chi connectivity index (χ1n) is 7.51. The van der Waals surface area contributed by atoms with Gasteiger partial charge in [0.25, 0.3) is 11.8 Å². The van der Waals surface area contributed by atoms with Gasteiger partial charge in [-0.3, -0.25) is 9.59 Å². The number of benzene rings is 2. The Balaban J connectivity index is 2.16. The largest absolute Gasteiger partial charge is 0.345 e. The molecule has 132 valence electrons. The fraction of sp³-hybridized carbons (Fsp3) is 0.105. The second-order valence-corrected chi connectivity index (χ2v) is 5.57. The van der Waals surface area contributed by atoms with E-state index in [9.17, 15) is 18.4 Å². The highest BCUT2D eigenvalue weighted by Crippen LogP contribution is 2.15. The van der Waals surface area contributed by atoms with Crippen LogP contribution in [0.1, 0.15) is 15.9 Å². The Kier molecular flexibility index (Phi) is 5.81. The van der Waals surface area contributed by atoms with Gasteiger partial charge in [0.15, 0.2) is 11.6 Å². The summed E-state index contributed by atoms with van der Waals surface area (Å²) >= 11 is 0. The van der Waals surface area contributed by atoms with Gasteiger partial charge >= 0.3 is 0 Å². The molecule has 2 rings (SSSR count). The van der Waals surface area contributed by atoms with Crippen molar-refractivity contribution >= 4 is 23.6 Å². The van der Waals surface area contributed by atoms with Crippen molar-refractivity contribution in [3.63, 3.8) is 0 Å². The third-order valence-corrected chi connectivity index (χ3v) is 3.42. The van der Waals surface area contributed by atoms with Crippen molar-refractivity contribution in [1.82, 2.24) is 4.90 Å². The van der Waals surface area contributed by atoms with Gasteiger partial charge in [-0.2, -0.15) is 5.26 Å². The van der Waals surface area contributed by atoms with Crippen LogP contribution < -0.4 is 5.32 Å². The lowest BCUT2D eigenvalue weighted by atomic mass is 10.1. The molecule has 5 nitrogen and oxygen atoms in total. The van der Waals surface area contributed by atoms with Crippen LogP contribution in [0.2, 0.25) is 0 Å². The van der Waals surface area contributed by atoms with E-state index in [0.29, 0.717) is 11.3 Å². The maximum Gasteiger partial charge on any atom is 0.266 e. The molecular formula is C19H15F2N3O2. The van der Waals surface area contributed by atoms with E-state index >= 15 is 0 Å². The molecule has 0 radical (unpaired) electrons. The minimum Gasteiger partial charge on any atom is -0.345 e. The van der Waals surface area contributed by atoms with Crippen molar-refractivity contribution in [2.45, 2.75) is 0 Å². The predicted octanol–water partition coefficient (Wildman–Crippen LogP) is 3.21. The summed E-state index contributed by atoms with van der Waals surface area (Å²) in [4.78, 5) is 25.4. The quantitative estimate of drug-likeness (QED) is 0.676. The number of anilines is 1. The van der Waals surface area contributed by atoms with Gasteiger partial charge in [-0.25, -0.2) is 8.78 Å². The van der Waals surface area contributed by atoms with Gasteiger partial charge in [0.1, 0.15) is 11.6 Å². The molecular weight excluding hydrogens is 340 g/mol. The van der Waals surface area contributed by atoms with Crippen LogP contribution in [-0.2, 0) is 4.79 Å². The molecule has 0 saturated carbocycles. The number of halogens is 2. The number of hydrogen-bond donors (Lipinski definition) is 1. The SMILES string of the molecule is CN(C)C(=O)c1ccc(NC(=O)/C(C#N)=C/c2ccc(F)c(F)c2)cc1. The molecule has 0 heterocycles. The zero-order chi connectivity index (χ0) is 19.3. The number of rotatable bonds is 4. The molecule has 2 amide bonds. The van der Waals surface area contributed by atoms with Crippen LogP contribution >= 0.6 is 0 Å². The third-order valence-electron chi connectivity index (χ3n) is 3.42. The minimum atomic E-state index is -1.07. The van der Waals surface area contributed by atoms with Crippen molar-refractivity contribution in [3.8, 4) is 6.07 Å². The number of amides is 2. The van der Waals surface area contributed by atoms with E-state index < -0.39 is 17.5 Å². The summed E-state index contributed by atoms with van der Waals surface area (Å²) in [6.45, 7) is 0. The van der Waals surface area contributed by atoms with E-state index in [4.69, 9.17) is 5.26 Å². The molecule has 0 spiro atoms. The van der Waals surface area contributed by atoms with Gasteiger partial charge in [0.05, 0.1) is 0 Å². The third kappa shape index (κ3) is 4.51. The summed E-state index contributed by atoms with van der Waals surface area (Å²) in [5.74, 6) is -2.97. The van der Waals surface area contributed by atoms with Gasteiger partial charge in [0.2, 0.25) is 0 Å². The van der Waals surface area contributed by atoms with E-state index in [0.717, 1.165) is 18.2 Å². The monoisotopic (exact) mass is 355 g/mol. The number of hydrogen-bond acceptors (Lipinski definition) is 3. The van der Waals surface area contributed by atoms with Crippen LogP contribution in [0.25, 0.3) is 6.08 Å². The summed E-state index contributed by atoms with van der Waals surface area (Å²) in [6.07, 6.45) is 1.15. The summed E-state index contributed by atoms with van der Waals surface area (Å²) < 4.78 is 26.2. The van der Waals surface area contributed by atoms with E-state index in [1.54, 1.807) is 32.3 Å². The smallest absolute Gasteiger partial charge is 0.266 e. The van der Waals surface area contributed by atoms with Crippen LogP contribution in [-0.4, -0.2) is 30.8 Å². The Morgan fingerprint density at radius 2 is 1.73 bits per heavy atom. The number of nitrogens with one attached hydrogen (secondary N) is 1. The van der Waals surface area contributed by atoms with Crippen LogP contribution in [0.15, 0.2) is 48.0 Å². The number of nitriles is 1. The average Bonchev–Trinajstić information content (AvgIpc) is 2.62. The highest BCUT2D eigenvalue weighted by molar-refractivity contribution is 6.09. The van der Waals surface area contributed by atoms with E-state index in [1.165, 1.54) is 23.1 Å². The van der Waals surface area contributed by atoms with Gasteiger partial charge < -0.3 is 10.2 Å². The molecule has 0 saturated heterocycles. The molecule has 0 aromatic heterocycles. The highest BCUT2D eigenvalue weighted by Gasteiger charge is 2.12. The molecule has 1 N–H and O–H groups in total. The van der Waals surface area contributed by atoms with Crippen LogP contribution in [0, 0.1) is 23.0 Å². The molecule has 0 fully saturated rings. The first kappa shape index (κ1) is 18.8. The van der Waals surface area contributed by atoms with Crippen LogP contribution in [0.3, 0.4) is 0 Å². The molecule has 0 aliphatic carbocycles. The van der Waals surface area contributed by atoms with Crippen LogP contribution in [0.4, 0.5) is 14.5 Å². The summed E-state index contributed by atoms with van der Waals surface area (Å²) in [5.41, 5.74) is 0.745. The fourth-order valence-corrected chi connectivity index (χ4v) is 2.07. The van der Waals surface area contributed by atoms with Crippen molar-refractivity contribution in [1.29, 1.82) is 5.26 Å². The molecule has 2 aromatic carbocycles. The molecule has 0 aliphatic rings. The number of carbonyl (C=O) groups is 2. The maximum atomic E-state index is 13.2. The normalized spacial score (nSPS) is 10.8. The molecule has 0 aliphatic heterocycles. The van der Waals surface area contributed by atoms with Gasteiger partial charge in [0, 0.05) is 25.3 Å². The first-order valence-corrected chi connectivity index (χ1v) is 7.51. The predicted molar refractivity (Wildman–Crippen MR) is 93.0 cm³/mol. The maximum absolute atomic E-state index is 13.2. The van der Waals surface area contributed by atoms with E-state index in [-0.39, 0.29) is 17.0 Å². The van der Waals surface area contributed by atoms with Gasteiger partial charge in [-0.05, 0) is 48.0 Å². The summed E-state index contributed by atoms with van der Waals surface area (Å²) in [7, 11) is 3.25. The van der Waals surface area contributed by atoms with Gasteiger partial charge in [-0.15, -0.1) is 0 Å². The molecule has 0 atom stereocenters. The van der Waals surface area contributed by atoms with Gasteiger partial charge in [-0.1, -0.05) is 6.07 Å². The standard InChI is InChI=1S/C19H15F2N3O2/c1-24(2)19(26)13-4-6-15(7-5-13)23-18(25)14(11-22)9-12-3-8-16(20)17(21)10-12/h3-10H,1-2H3,(H,23,25)/b14-9+. The second-order valence-electron chi connectivity index (χ2n) is 5.57. The number of carbonyl (C=O) groups excluding carboxylic acids is 2. The Morgan fingerprint density at radius 1 is 1.08 bits per heavy atom. The first-order chi connectivity index (χ1) is 12.3. The Hall–Kier alpha value is -3.53.